The minimum atomic E-state index is -1.45. The second kappa shape index (κ2) is 15.3. The van der Waals surface area contributed by atoms with Gasteiger partial charge in [0, 0.05) is 17.1 Å². The first-order chi connectivity index (χ1) is 29.4. The molecule has 10 rings (SSSR count). The maximum Gasteiger partial charge on any atom is 0.0714 e. The van der Waals surface area contributed by atoms with Crippen LogP contribution >= 0.6 is 0 Å². The highest BCUT2D eigenvalue weighted by atomic mass is 15.1. The summed E-state index contributed by atoms with van der Waals surface area (Å²) in [6.45, 7) is 0. The van der Waals surface area contributed by atoms with Gasteiger partial charge in [-0.25, -0.2) is 0 Å². The monoisotopic (exact) mass is 757 g/mol. The smallest absolute Gasteiger partial charge is 0.0714 e. The summed E-state index contributed by atoms with van der Waals surface area (Å²) in [6, 6.07) is 82.3. The van der Waals surface area contributed by atoms with E-state index in [1.54, 1.807) is 0 Å². The van der Waals surface area contributed by atoms with Crippen LogP contribution in [0.3, 0.4) is 0 Å². The van der Waals surface area contributed by atoms with Crippen molar-refractivity contribution in [2.75, 3.05) is 4.90 Å². The summed E-state index contributed by atoms with van der Waals surface area (Å²) in [4.78, 5) is 2.37. The van der Waals surface area contributed by atoms with Crippen molar-refractivity contribution in [3.63, 3.8) is 0 Å². The lowest BCUT2D eigenvalue weighted by Gasteiger charge is -2.35. The molecule has 0 aromatic heterocycles. The van der Waals surface area contributed by atoms with Crippen molar-refractivity contribution in [3.8, 4) is 44.5 Å². The summed E-state index contributed by atoms with van der Waals surface area (Å²) in [5.41, 5.74) is 17.4. The highest BCUT2D eigenvalue weighted by Crippen LogP contribution is 2.57. The fourth-order valence-corrected chi connectivity index (χ4v) is 9.06. The fraction of sp³-hybridized carbons (Fsp3) is 0.0357. The van der Waals surface area contributed by atoms with Crippen molar-refractivity contribution in [3.05, 3.63) is 258 Å². The average molecular weight is 757 g/mol. The molecule has 9 aromatic rings. The number of benzene rings is 9. The number of nitrogens with zero attached hydrogens (tertiary/aromatic N) is 1. The van der Waals surface area contributed by atoms with Gasteiger partial charge in [-0.05, 0) is 103 Å². The van der Waals surface area contributed by atoms with Crippen LogP contribution in [0.1, 0.15) is 27.8 Å². The molecule has 0 amide bonds. The summed E-state index contributed by atoms with van der Waals surface area (Å²) in [7, 11) is 18.6. The van der Waals surface area contributed by atoms with Crippen molar-refractivity contribution in [2.24, 2.45) is 0 Å². The van der Waals surface area contributed by atoms with Gasteiger partial charge in [0.15, 0.2) is 0 Å². The molecule has 1 nitrogen and oxygen atoms in total. The van der Waals surface area contributed by atoms with Crippen LogP contribution in [0.25, 0.3) is 44.5 Å². The Balaban J connectivity index is 1.13. The second-order valence-corrected chi connectivity index (χ2v) is 15.6. The predicted molar refractivity (Wildman–Crippen MR) is 254 cm³/mol. The molecule has 0 saturated carbocycles. The summed E-state index contributed by atoms with van der Waals surface area (Å²) < 4.78 is 0. The standard InChI is InChI=1S/C56H38B3N/c57-56(58,59)47-30-28-46(29-31-47)55(45-16-8-3-9-17-45)53-19-11-10-18-51(53)52-37-36-50(38-54(52)55)60(48-32-24-43(25-33-48)40-14-6-2-7-15-40)49-34-26-44(27-35-49)42-22-20-41(21-23-42)39-12-4-1-5-13-39/h1-38H. The van der Waals surface area contributed by atoms with Gasteiger partial charge in [-0.3, -0.25) is 0 Å². The minimum absolute atomic E-state index is 0.638. The Morgan fingerprint density at radius 2 is 0.700 bits per heavy atom. The maximum atomic E-state index is 6.18. The lowest BCUT2D eigenvalue weighted by atomic mass is 9.40. The van der Waals surface area contributed by atoms with Gasteiger partial charge in [0.05, 0.1) is 29.0 Å². The molecule has 0 fully saturated rings. The van der Waals surface area contributed by atoms with Crippen LogP contribution in [-0.2, 0) is 10.5 Å². The molecular weight excluding hydrogens is 719 g/mol. The molecule has 1 aliphatic rings. The molecule has 9 aromatic carbocycles. The zero-order valence-electron chi connectivity index (χ0n) is 33.1. The van der Waals surface area contributed by atoms with Gasteiger partial charge < -0.3 is 4.90 Å². The molecule has 60 heavy (non-hydrogen) atoms. The van der Waals surface area contributed by atoms with E-state index in [1.165, 1.54) is 55.6 Å². The van der Waals surface area contributed by atoms with Crippen LogP contribution in [0.5, 0.6) is 0 Å². The van der Waals surface area contributed by atoms with E-state index in [1.807, 2.05) is 12.1 Å². The van der Waals surface area contributed by atoms with Gasteiger partial charge in [-0.15, -0.1) is 5.11 Å². The Labute approximate surface area is 357 Å². The van der Waals surface area contributed by atoms with Crippen molar-refractivity contribution in [1.82, 2.24) is 0 Å². The molecule has 276 valence electrons. The zero-order chi connectivity index (χ0) is 40.7. The van der Waals surface area contributed by atoms with Gasteiger partial charge >= 0.3 is 0 Å². The first kappa shape index (κ1) is 37.3. The Morgan fingerprint density at radius 3 is 1.20 bits per heavy atom. The van der Waals surface area contributed by atoms with E-state index in [0.29, 0.717) is 5.56 Å². The van der Waals surface area contributed by atoms with Gasteiger partial charge in [-0.1, -0.05) is 200 Å². The van der Waals surface area contributed by atoms with Gasteiger partial charge in [0.25, 0.3) is 0 Å². The lowest BCUT2D eigenvalue weighted by Crippen LogP contribution is -2.30. The van der Waals surface area contributed by atoms with Crippen LogP contribution in [0.2, 0.25) is 0 Å². The molecule has 0 saturated heterocycles. The summed E-state index contributed by atoms with van der Waals surface area (Å²) >= 11 is 0. The molecule has 0 heterocycles. The van der Waals surface area contributed by atoms with Crippen LogP contribution < -0.4 is 4.90 Å². The van der Waals surface area contributed by atoms with E-state index in [0.717, 1.165) is 28.2 Å². The molecular formula is C56H38B3N. The van der Waals surface area contributed by atoms with E-state index >= 15 is 0 Å². The van der Waals surface area contributed by atoms with Crippen LogP contribution in [-0.4, -0.2) is 23.5 Å². The Hall–Kier alpha value is -7.03. The highest BCUT2D eigenvalue weighted by Gasteiger charge is 2.46. The average Bonchev–Trinajstić information content (AvgIpc) is 3.61. The topological polar surface area (TPSA) is 3.24 Å². The SMILES string of the molecule is [B]C([B])([B])c1ccc(C2(c3ccccc3)c3ccccc3-c3ccc(N(c4ccc(-c5ccccc5)cc4)c4ccc(-c5ccc(-c6ccccc6)cc5)cc4)cc32)cc1. The van der Waals surface area contributed by atoms with Gasteiger partial charge in [0.1, 0.15) is 0 Å². The number of anilines is 3. The molecule has 0 spiro atoms. The van der Waals surface area contributed by atoms with Crippen molar-refractivity contribution >= 4 is 40.6 Å². The van der Waals surface area contributed by atoms with Crippen LogP contribution in [0.4, 0.5) is 17.1 Å². The maximum absolute atomic E-state index is 6.18. The minimum Gasteiger partial charge on any atom is -0.310 e. The molecule has 0 N–H and O–H groups in total. The Kier molecular flexibility index (Phi) is 9.50. The predicted octanol–water partition coefficient (Wildman–Crippen LogP) is 13.1. The summed E-state index contributed by atoms with van der Waals surface area (Å²) in [5, 5.41) is -1.45. The molecule has 0 aliphatic heterocycles. The molecule has 6 radical (unpaired) electrons. The second-order valence-electron chi connectivity index (χ2n) is 15.6. The van der Waals surface area contributed by atoms with Crippen LogP contribution in [0.15, 0.2) is 231 Å². The quantitative estimate of drug-likeness (QED) is 0.133. The molecule has 1 unspecified atom stereocenters. The molecule has 1 aliphatic carbocycles. The van der Waals surface area contributed by atoms with Gasteiger partial charge in [0.2, 0.25) is 0 Å². The van der Waals surface area contributed by atoms with Crippen molar-refractivity contribution < 1.29 is 0 Å². The third-order valence-corrected chi connectivity index (χ3v) is 12.0. The third-order valence-electron chi connectivity index (χ3n) is 12.0. The summed E-state index contributed by atoms with van der Waals surface area (Å²) in [5.74, 6) is 0. The first-order valence-corrected chi connectivity index (χ1v) is 20.4. The van der Waals surface area contributed by atoms with E-state index in [-0.39, 0.29) is 0 Å². The van der Waals surface area contributed by atoms with E-state index < -0.39 is 10.5 Å². The van der Waals surface area contributed by atoms with E-state index in [4.69, 9.17) is 23.5 Å². The molecule has 0 bridgehead atoms. The number of hydrogen-bond acceptors (Lipinski definition) is 1. The highest BCUT2D eigenvalue weighted by molar-refractivity contribution is 6.58. The van der Waals surface area contributed by atoms with Crippen molar-refractivity contribution in [2.45, 2.75) is 10.5 Å². The zero-order valence-corrected chi connectivity index (χ0v) is 33.1. The van der Waals surface area contributed by atoms with Crippen molar-refractivity contribution in [1.29, 1.82) is 0 Å². The third kappa shape index (κ3) is 6.59. The molecule has 1 atom stereocenters. The fourth-order valence-electron chi connectivity index (χ4n) is 9.06. The number of rotatable bonds is 9. The molecule has 4 heteroatoms. The number of hydrogen-bond donors (Lipinski definition) is 0. The number of fused-ring (bicyclic) bond motifs is 3. The first-order valence-electron chi connectivity index (χ1n) is 20.4. The largest absolute Gasteiger partial charge is 0.310 e. The Bertz CT molecular complexity index is 2910. The normalized spacial score (nSPS) is 14.3. The van der Waals surface area contributed by atoms with Crippen LogP contribution in [0, 0.1) is 0 Å². The van der Waals surface area contributed by atoms with E-state index in [2.05, 4.69) is 223 Å². The lowest BCUT2D eigenvalue weighted by molar-refractivity contribution is 0.767. The summed E-state index contributed by atoms with van der Waals surface area (Å²) in [6.07, 6.45) is 0. The Morgan fingerprint density at radius 1 is 0.317 bits per heavy atom. The van der Waals surface area contributed by atoms with Gasteiger partial charge in [-0.2, -0.15) is 0 Å². The van der Waals surface area contributed by atoms with E-state index in [9.17, 15) is 0 Å².